The molecule has 78 valence electrons. The van der Waals surface area contributed by atoms with Gasteiger partial charge in [-0.05, 0) is 39.5 Å². The molecule has 0 radical (unpaired) electrons. The zero-order valence-corrected chi connectivity index (χ0v) is 8.02. The second kappa shape index (κ2) is 4.49. The topological polar surface area (TPSA) is 38.3 Å². The summed E-state index contributed by atoms with van der Waals surface area (Å²) in [6.07, 6.45) is 2.19. The molecular formula is C10H21NO2. The summed E-state index contributed by atoms with van der Waals surface area (Å²) in [4.78, 5) is 11.1. The lowest BCUT2D eigenvalue weighted by molar-refractivity contribution is 0.0525. The Bertz CT molecular complexity index is 168. The van der Waals surface area contributed by atoms with Gasteiger partial charge in [0, 0.05) is 6.54 Å². The number of nitrogens with one attached hydrogen (secondary N) is 1. The number of carbonyl (C=O) groups is 1. The maximum Gasteiger partial charge on any atom is 0.407 e. The Hall–Kier alpha value is -0.730. The highest BCUT2D eigenvalue weighted by atomic mass is 16.6. The first-order valence-corrected chi connectivity index (χ1v) is 4.44. The van der Waals surface area contributed by atoms with Crippen LogP contribution in [0, 0.1) is 5.92 Å². The van der Waals surface area contributed by atoms with E-state index in [1.165, 1.54) is 12.8 Å². The van der Waals surface area contributed by atoms with Crippen molar-refractivity contribution in [2.24, 2.45) is 5.92 Å². The molecule has 0 aromatic heterocycles. The van der Waals surface area contributed by atoms with Gasteiger partial charge in [0.05, 0.1) is 0 Å². The predicted molar refractivity (Wildman–Crippen MR) is 53.7 cm³/mol. The van der Waals surface area contributed by atoms with Gasteiger partial charge in [-0.25, -0.2) is 4.79 Å². The standard InChI is InChI=1S/C9H17NO2.CH4/c1-9(2,3)12-8(11)10-6-7-4-5-7;/h7H,4-6H2,1-3H3,(H,10,11);1H4. The zero-order chi connectivity index (χ0) is 9.19. The van der Waals surface area contributed by atoms with E-state index in [1.54, 1.807) is 0 Å². The molecule has 3 heteroatoms. The molecule has 0 aromatic rings. The Kier molecular flexibility index (Phi) is 4.24. The quantitative estimate of drug-likeness (QED) is 0.721. The van der Waals surface area contributed by atoms with Gasteiger partial charge in [-0.2, -0.15) is 0 Å². The van der Waals surface area contributed by atoms with Crippen LogP contribution in [0.1, 0.15) is 41.0 Å². The first kappa shape index (κ1) is 12.3. The van der Waals surface area contributed by atoms with Crippen LogP contribution in [0.25, 0.3) is 0 Å². The van der Waals surface area contributed by atoms with E-state index >= 15 is 0 Å². The van der Waals surface area contributed by atoms with E-state index in [-0.39, 0.29) is 19.1 Å². The second-order valence-corrected chi connectivity index (χ2v) is 4.33. The Labute approximate surface area is 80.8 Å². The number of amides is 1. The Morgan fingerprint density at radius 3 is 2.38 bits per heavy atom. The molecule has 0 spiro atoms. The monoisotopic (exact) mass is 187 g/mol. The van der Waals surface area contributed by atoms with Crippen LogP contribution in [0.2, 0.25) is 0 Å². The van der Waals surface area contributed by atoms with E-state index in [2.05, 4.69) is 5.32 Å². The van der Waals surface area contributed by atoms with Crippen LogP contribution >= 0.6 is 0 Å². The molecule has 0 aliphatic heterocycles. The Morgan fingerprint density at radius 1 is 1.46 bits per heavy atom. The lowest BCUT2D eigenvalue weighted by Crippen LogP contribution is -2.33. The molecule has 3 nitrogen and oxygen atoms in total. The fourth-order valence-corrected chi connectivity index (χ4v) is 0.864. The lowest BCUT2D eigenvalue weighted by Gasteiger charge is -2.19. The predicted octanol–water partition coefficient (Wildman–Crippen LogP) is 2.56. The average molecular weight is 187 g/mol. The van der Waals surface area contributed by atoms with Crippen LogP contribution in [-0.2, 0) is 4.74 Å². The van der Waals surface area contributed by atoms with Gasteiger partial charge in [-0.3, -0.25) is 0 Å². The van der Waals surface area contributed by atoms with Crippen molar-refractivity contribution >= 4 is 6.09 Å². The van der Waals surface area contributed by atoms with Crippen molar-refractivity contribution in [3.8, 4) is 0 Å². The van der Waals surface area contributed by atoms with Gasteiger partial charge in [0.1, 0.15) is 5.60 Å². The molecule has 1 aliphatic carbocycles. The molecule has 0 saturated heterocycles. The molecule has 1 fully saturated rings. The molecule has 1 rings (SSSR count). The minimum atomic E-state index is -0.381. The van der Waals surface area contributed by atoms with Crippen LogP contribution in [0.5, 0.6) is 0 Å². The van der Waals surface area contributed by atoms with Gasteiger partial charge >= 0.3 is 6.09 Å². The largest absolute Gasteiger partial charge is 0.444 e. The highest BCUT2D eigenvalue weighted by molar-refractivity contribution is 5.67. The lowest BCUT2D eigenvalue weighted by atomic mass is 10.2. The second-order valence-electron chi connectivity index (χ2n) is 4.33. The highest BCUT2D eigenvalue weighted by Gasteiger charge is 2.23. The Balaban J connectivity index is 0.00000144. The maximum atomic E-state index is 11.1. The molecule has 1 N–H and O–H groups in total. The maximum absolute atomic E-state index is 11.1. The Morgan fingerprint density at radius 2 is 2.00 bits per heavy atom. The summed E-state index contributed by atoms with van der Waals surface area (Å²) in [5.74, 6) is 0.706. The number of hydrogen-bond acceptors (Lipinski definition) is 2. The fourth-order valence-electron chi connectivity index (χ4n) is 0.864. The molecule has 1 amide bonds. The van der Waals surface area contributed by atoms with E-state index in [4.69, 9.17) is 4.74 Å². The third-order valence-electron chi connectivity index (χ3n) is 1.63. The van der Waals surface area contributed by atoms with E-state index in [1.807, 2.05) is 20.8 Å². The van der Waals surface area contributed by atoms with Crippen LogP contribution in [0.4, 0.5) is 4.79 Å². The smallest absolute Gasteiger partial charge is 0.407 e. The van der Waals surface area contributed by atoms with Crippen LogP contribution in [0.15, 0.2) is 0 Å². The van der Waals surface area contributed by atoms with Crippen molar-refractivity contribution < 1.29 is 9.53 Å². The average Bonchev–Trinajstić information content (AvgIpc) is 2.61. The number of ether oxygens (including phenoxy) is 1. The van der Waals surface area contributed by atoms with Crippen molar-refractivity contribution in [1.82, 2.24) is 5.32 Å². The van der Waals surface area contributed by atoms with Gasteiger partial charge in [0.2, 0.25) is 0 Å². The van der Waals surface area contributed by atoms with Gasteiger partial charge in [-0.1, -0.05) is 7.43 Å². The molecule has 0 bridgehead atoms. The fraction of sp³-hybridized carbons (Fsp3) is 0.900. The molecule has 0 unspecified atom stereocenters. The van der Waals surface area contributed by atoms with Crippen molar-refractivity contribution in [3.05, 3.63) is 0 Å². The van der Waals surface area contributed by atoms with Crippen molar-refractivity contribution in [3.63, 3.8) is 0 Å². The van der Waals surface area contributed by atoms with Gasteiger partial charge < -0.3 is 10.1 Å². The minimum absolute atomic E-state index is 0. The summed E-state index contributed by atoms with van der Waals surface area (Å²) >= 11 is 0. The van der Waals surface area contributed by atoms with E-state index in [0.717, 1.165) is 6.54 Å². The van der Waals surface area contributed by atoms with Gasteiger partial charge in [-0.15, -0.1) is 0 Å². The molecule has 0 aromatic carbocycles. The van der Waals surface area contributed by atoms with E-state index in [9.17, 15) is 4.79 Å². The number of hydrogen-bond donors (Lipinski definition) is 1. The molecule has 13 heavy (non-hydrogen) atoms. The number of carbonyl (C=O) groups excluding carboxylic acids is 1. The van der Waals surface area contributed by atoms with Crippen molar-refractivity contribution in [2.75, 3.05) is 6.54 Å². The first-order valence-electron chi connectivity index (χ1n) is 4.44. The minimum Gasteiger partial charge on any atom is -0.444 e. The SMILES string of the molecule is C.CC(C)(C)OC(=O)NCC1CC1. The highest BCUT2D eigenvalue weighted by Crippen LogP contribution is 2.27. The molecule has 0 heterocycles. The summed E-state index contributed by atoms with van der Waals surface area (Å²) in [6.45, 7) is 6.37. The summed E-state index contributed by atoms with van der Waals surface area (Å²) < 4.78 is 5.07. The number of rotatable bonds is 2. The van der Waals surface area contributed by atoms with Crippen molar-refractivity contribution in [1.29, 1.82) is 0 Å². The normalized spacial score (nSPS) is 15.9. The third kappa shape index (κ3) is 6.43. The molecule has 0 atom stereocenters. The molecule has 1 saturated carbocycles. The first-order chi connectivity index (χ1) is 5.47. The van der Waals surface area contributed by atoms with Gasteiger partial charge in [0.25, 0.3) is 0 Å². The van der Waals surface area contributed by atoms with Crippen LogP contribution < -0.4 is 5.32 Å². The van der Waals surface area contributed by atoms with Crippen LogP contribution in [0.3, 0.4) is 0 Å². The summed E-state index contributed by atoms with van der Waals surface area (Å²) in [6, 6.07) is 0. The van der Waals surface area contributed by atoms with E-state index in [0.29, 0.717) is 5.92 Å². The summed E-state index contributed by atoms with van der Waals surface area (Å²) in [7, 11) is 0. The summed E-state index contributed by atoms with van der Waals surface area (Å²) in [5, 5.41) is 2.74. The third-order valence-corrected chi connectivity index (χ3v) is 1.63. The van der Waals surface area contributed by atoms with Crippen LogP contribution in [-0.4, -0.2) is 18.2 Å². The van der Waals surface area contributed by atoms with Gasteiger partial charge in [0.15, 0.2) is 0 Å². The summed E-state index contributed by atoms with van der Waals surface area (Å²) in [5.41, 5.74) is -0.381. The molecule has 1 aliphatic rings. The zero-order valence-electron chi connectivity index (χ0n) is 8.02. The molecular weight excluding hydrogens is 166 g/mol. The number of alkyl carbamates (subject to hydrolysis) is 1. The van der Waals surface area contributed by atoms with Crippen molar-refractivity contribution in [2.45, 2.75) is 46.6 Å². The van der Waals surface area contributed by atoms with E-state index < -0.39 is 0 Å².